The molecule has 1 aromatic rings. The molecule has 0 aromatic heterocycles. The number of nitrogens with zero attached hydrogens (tertiary/aromatic N) is 2. The highest BCUT2D eigenvalue weighted by Gasteiger charge is 2.26. The smallest absolute Gasteiger partial charge is 0.226 e. The van der Waals surface area contributed by atoms with E-state index in [4.69, 9.17) is 4.74 Å². The Hall–Kier alpha value is -1.46. The second-order valence-corrected chi connectivity index (χ2v) is 7.18. The largest absolute Gasteiger partial charge is 0.379 e. The molecule has 2 aliphatic rings. The molecule has 1 aliphatic heterocycles. The van der Waals surface area contributed by atoms with Crippen molar-refractivity contribution >= 4 is 5.91 Å². The summed E-state index contributed by atoms with van der Waals surface area (Å²) in [5, 5.41) is 0. The number of carbonyl (C=O) groups excluding carboxylic acids is 1. The van der Waals surface area contributed by atoms with Gasteiger partial charge in [0.15, 0.2) is 0 Å². The molecule has 0 unspecified atom stereocenters. The number of morpholine rings is 1. The fourth-order valence-corrected chi connectivity index (χ4v) is 3.82. The maximum atomic E-state index is 13.5. The summed E-state index contributed by atoms with van der Waals surface area (Å²) < 4.78 is 18.9. The molecule has 138 valence electrons. The van der Waals surface area contributed by atoms with Crippen molar-refractivity contribution in [3.8, 4) is 0 Å². The summed E-state index contributed by atoms with van der Waals surface area (Å²) in [4.78, 5) is 17.3. The van der Waals surface area contributed by atoms with Gasteiger partial charge in [0.2, 0.25) is 5.91 Å². The fraction of sp³-hybridized carbons (Fsp3) is 0.650. The number of hydrogen-bond donors (Lipinski definition) is 0. The molecule has 1 heterocycles. The predicted molar refractivity (Wildman–Crippen MR) is 95.7 cm³/mol. The molecule has 0 radical (unpaired) electrons. The van der Waals surface area contributed by atoms with Crippen LogP contribution in [0.1, 0.15) is 37.7 Å². The molecule has 1 aliphatic carbocycles. The highest BCUT2D eigenvalue weighted by molar-refractivity contribution is 5.79. The quantitative estimate of drug-likeness (QED) is 0.792. The zero-order chi connectivity index (χ0) is 17.5. The predicted octanol–water partition coefficient (Wildman–Crippen LogP) is 3.07. The third-order valence-corrected chi connectivity index (χ3v) is 5.32. The second-order valence-electron chi connectivity index (χ2n) is 7.18. The lowest BCUT2D eigenvalue weighted by Crippen LogP contribution is -2.44. The Morgan fingerprint density at radius 2 is 1.96 bits per heavy atom. The van der Waals surface area contributed by atoms with Crippen molar-refractivity contribution in [1.29, 1.82) is 0 Å². The lowest BCUT2D eigenvalue weighted by Gasteiger charge is -2.33. The summed E-state index contributed by atoms with van der Waals surface area (Å²) in [5.74, 6) is 0.153. The maximum Gasteiger partial charge on any atom is 0.226 e. The first-order chi connectivity index (χ1) is 12.2. The number of carbonyl (C=O) groups is 1. The van der Waals surface area contributed by atoms with E-state index in [1.165, 1.54) is 18.6 Å². The summed E-state index contributed by atoms with van der Waals surface area (Å²) in [6, 6.07) is 6.61. The highest BCUT2D eigenvalue weighted by atomic mass is 19.1. The van der Waals surface area contributed by atoms with Crippen molar-refractivity contribution in [1.82, 2.24) is 9.80 Å². The molecule has 0 bridgehead atoms. The Balaban J connectivity index is 1.64. The van der Waals surface area contributed by atoms with Gasteiger partial charge >= 0.3 is 0 Å². The van der Waals surface area contributed by atoms with Crippen LogP contribution in [0.15, 0.2) is 24.3 Å². The average molecular weight is 348 g/mol. The van der Waals surface area contributed by atoms with Crippen LogP contribution in [-0.4, -0.2) is 55.1 Å². The van der Waals surface area contributed by atoms with Gasteiger partial charge in [-0.1, -0.05) is 31.4 Å². The van der Waals surface area contributed by atoms with Crippen molar-refractivity contribution < 1.29 is 13.9 Å². The Bertz CT molecular complexity index is 554. The monoisotopic (exact) mass is 348 g/mol. The van der Waals surface area contributed by atoms with Crippen LogP contribution in [0, 0.1) is 11.7 Å². The molecule has 1 saturated heterocycles. The molecule has 0 spiro atoms. The summed E-state index contributed by atoms with van der Waals surface area (Å²) >= 11 is 0. The number of halogens is 1. The van der Waals surface area contributed by atoms with E-state index in [0.29, 0.717) is 13.1 Å². The number of ether oxygens (including phenoxy) is 1. The number of hydrogen-bond acceptors (Lipinski definition) is 3. The highest BCUT2D eigenvalue weighted by Crippen LogP contribution is 2.26. The molecule has 1 amide bonds. The first-order valence-electron chi connectivity index (χ1n) is 9.56. The van der Waals surface area contributed by atoms with E-state index >= 15 is 0 Å². The SMILES string of the molecule is O=C(C1CCCCC1)N(CCN1CCOCC1)Cc1cccc(F)c1. The summed E-state index contributed by atoms with van der Waals surface area (Å²) in [6.45, 7) is 5.43. The average Bonchev–Trinajstić information content (AvgIpc) is 2.66. The van der Waals surface area contributed by atoms with Gasteiger partial charge in [0.05, 0.1) is 13.2 Å². The van der Waals surface area contributed by atoms with Crippen LogP contribution in [-0.2, 0) is 16.1 Å². The van der Waals surface area contributed by atoms with Crippen LogP contribution < -0.4 is 0 Å². The molecule has 25 heavy (non-hydrogen) atoms. The van der Waals surface area contributed by atoms with Crippen LogP contribution in [0.2, 0.25) is 0 Å². The Morgan fingerprint density at radius 3 is 2.68 bits per heavy atom. The van der Waals surface area contributed by atoms with Crippen molar-refractivity contribution in [2.24, 2.45) is 5.92 Å². The maximum absolute atomic E-state index is 13.5. The number of amides is 1. The minimum Gasteiger partial charge on any atom is -0.379 e. The van der Waals surface area contributed by atoms with Crippen molar-refractivity contribution in [2.75, 3.05) is 39.4 Å². The van der Waals surface area contributed by atoms with Crippen LogP contribution in [0.5, 0.6) is 0 Å². The first-order valence-corrected chi connectivity index (χ1v) is 9.56. The zero-order valence-corrected chi connectivity index (χ0v) is 15.0. The molecule has 1 aromatic carbocycles. The van der Waals surface area contributed by atoms with Crippen LogP contribution in [0.25, 0.3) is 0 Å². The topological polar surface area (TPSA) is 32.8 Å². The molecule has 2 fully saturated rings. The van der Waals surface area contributed by atoms with Gasteiger partial charge < -0.3 is 9.64 Å². The fourth-order valence-electron chi connectivity index (χ4n) is 3.82. The third-order valence-electron chi connectivity index (χ3n) is 5.32. The number of benzene rings is 1. The van der Waals surface area contributed by atoms with Crippen molar-refractivity contribution in [3.63, 3.8) is 0 Å². The third kappa shape index (κ3) is 5.51. The van der Waals surface area contributed by atoms with Crippen LogP contribution in [0.4, 0.5) is 4.39 Å². The summed E-state index contributed by atoms with van der Waals surface area (Å²) in [6.07, 6.45) is 5.52. The lowest BCUT2D eigenvalue weighted by molar-refractivity contribution is -0.137. The van der Waals surface area contributed by atoms with E-state index < -0.39 is 0 Å². The Morgan fingerprint density at radius 1 is 1.20 bits per heavy atom. The minimum atomic E-state index is -0.240. The standard InChI is InChI=1S/C20H29FN2O2/c21-19-8-4-5-17(15-19)16-23(10-9-22-11-13-25-14-12-22)20(24)18-6-2-1-3-7-18/h4-5,8,15,18H,1-3,6-7,9-14,16H2. The zero-order valence-electron chi connectivity index (χ0n) is 15.0. The lowest BCUT2D eigenvalue weighted by atomic mass is 9.88. The normalized spacial score (nSPS) is 19.7. The summed E-state index contributed by atoms with van der Waals surface area (Å²) in [7, 11) is 0. The Labute approximate surface area is 149 Å². The molecular formula is C20H29FN2O2. The molecule has 4 nitrogen and oxygen atoms in total. The van der Waals surface area contributed by atoms with Gasteiger partial charge in [-0.05, 0) is 30.5 Å². The van der Waals surface area contributed by atoms with Gasteiger partial charge in [0.25, 0.3) is 0 Å². The minimum absolute atomic E-state index is 0.145. The van der Waals surface area contributed by atoms with Crippen LogP contribution >= 0.6 is 0 Å². The van der Waals surface area contributed by atoms with Crippen LogP contribution in [0.3, 0.4) is 0 Å². The van der Waals surface area contributed by atoms with Crippen molar-refractivity contribution in [2.45, 2.75) is 38.6 Å². The van der Waals surface area contributed by atoms with E-state index in [0.717, 1.165) is 64.1 Å². The van der Waals surface area contributed by atoms with Crippen molar-refractivity contribution in [3.05, 3.63) is 35.6 Å². The first kappa shape index (κ1) is 18.3. The second kappa shape index (κ2) is 9.30. The molecule has 5 heteroatoms. The number of rotatable bonds is 6. The van der Waals surface area contributed by atoms with Gasteiger partial charge in [-0.15, -0.1) is 0 Å². The van der Waals surface area contributed by atoms with E-state index in [1.54, 1.807) is 6.07 Å². The molecule has 3 rings (SSSR count). The van der Waals surface area contributed by atoms with Gasteiger partial charge in [0.1, 0.15) is 5.82 Å². The van der Waals surface area contributed by atoms with E-state index in [2.05, 4.69) is 4.90 Å². The Kier molecular flexibility index (Phi) is 6.82. The molecule has 0 N–H and O–H groups in total. The van der Waals surface area contributed by atoms with E-state index in [-0.39, 0.29) is 17.6 Å². The molecule has 0 atom stereocenters. The van der Waals surface area contributed by atoms with Gasteiger partial charge in [-0.2, -0.15) is 0 Å². The summed E-state index contributed by atoms with van der Waals surface area (Å²) in [5.41, 5.74) is 0.867. The van der Waals surface area contributed by atoms with E-state index in [1.807, 2.05) is 11.0 Å². The van der Waals surface area contributed by atoms with Gasteiger partial charge in [0, 0.05) is 38.6 Å². The molecule has 1 saturated carbocycles. The molecular weight excluding hydrogens is 319 g/mol. The van der Waals surface area contributed by atoms with Gasteiger partial charge in [-0.25, -0.2) is 4.39 Å². The van der Waals surface area contributed by atoms with Gasteiger partial charge in [-0.3, -0.25) is 9.69 Å². The van der Waals surface area contributed by atoms with E-state index in [9.17, 15) is 9.18 Å².